The van der Waals surface area contributed by atoms with Crippen LogP contribution in [-0.4, -0.2) is 95.4 Å². The molecule has 41 heavy (non-hydrogen) atoms. The number of amides is 1. The highest BCUT2D eigenvalue weighted by molar-refractivity contribution is 7.84. The van der Waals surface area contributed by atoms with Gasteiger partial charge in [-0.1, -0.05) is 0 Å². The average molecular weight is 581 g/mol. The van der Waals surface area contributed by atoms with Gasteiger partial charge in [0, 0.05) is 74.2 Å². The molecule has 0 spiro atoms. The standard InChI is InChI=1S/C26H29FN10O3S/c1-41(39)14-6-29-25(38)17-4-5-19(18(27)15-17)35-10-7-34(8-11-35)9-12-36-16-30-21-23(36)32-26(28)37-24(21)31-22(33-37)20-3-2-13-40-20/h2-5,13,15-16H,6-12,14H2,1H3,(H2,28,32)(H,29,38)/t41-/m0/s1. The van der Waals surface area contributed by atoms with Crippen LogP contribution in [0.3, 0.4) is 0 Å². The minimum atomic E-state index is -1.00. The van der Waals surface area contributed by atoms with Crippen molar-refractivity contribution in [3.8, 4) is 11.6 Å². The Morgan fingerprint density at radius 3 is 2.71 bits per heavy atom. The maximum absolute atomic E-state index is 14.9. The van der Waals surface area contributed by atoms with Gasteiger partial charge in [0.15, 0.2) is 22.6 Å². The number of rotatable bonds is 9. The van der Waals surface area contributed by atoms with Crippen molar-refractivity contribution in [3.05, 3.63) is 54.3 Å². The highest BCUT2D eigenvalue weighted by Crippen LogP contribution is 2.24. The molecule has 0 unspecified atom stereocenters. The van der Waals surface area contributed by atoms with Gasteiger partial charge in [0.2, 0.25) is 11.8 Å². The van der Waals surface area contributed by atoms with Crippen LogP contribution in [0.4, 0.5) is 16.0 Å². The molecule has 1 saturated heterocycles. The quantitative estimate of drug-likeness (QED) is 0.262. The van der Waals surface area contributed by atoms with Crippen LogP contribution in [-0.2, 0) is 17.3 Å². The van der Waals surface area contributed by atoms with Crippen molar-refractivity contribution in [2.75, 3.05) is 61.9 Å². The van der Waals surface area contributed by atoms with Crippen LogP contribution in [0, 0.1) is 5.82 Å². The number of anilines is 2. The number of nitrogens with one attached hydrogen (secondary N) is 1. The lowest BCUT2D eigenvalue weighted by Gasteiger charge is -2.36. The third kappa shape index (κ3) is 5.50. The number of carbonyl (C=O) groups excluding carboxylic acids is 1. The molecule has 1 aromatic carbocycles. The van der Waals surface area contributed by atoms with E-state index < -0.39 is 16.6 Å². The topological polar surface area (TPSA) is 153 Å². The predicted molar refractivity (Wildman–Crippen MR) is 153 cm³/mol. The summed E-state index contributed by atoms with van der Waals surface area (Å²) in [5.74, 6) is 0.686. The van der Waals surface area contributed by atoms with E-state index in [0.29, 0.717) is 59.5 Å². The third-order valence-corrected chi connectivity index (χ3v) is 7.84. The molecule has 1 atom stereocenters. The van der Waals surface area contributed by atoms with E-state index in [1.54, 1.807) is 43.1 Å². The molecule has 5 heterocycles. The van der Waals surface area contributed by atoms with E-state index in [9.17, 15) is 13.4 Å². The number of benzene rings is 1. The summed E-state index contributed by atoms with van der Waals surface area (Å²) in [5, 5.41) is 7.08. The first-order chi connectivity index (χ1) is 19.9. The molecule has 5 aromatic rings. The molecule has 0 saturated carbocycles. The lowest BCUT2D eigenvalue weighted by Crippen LogP contribution is -2.47. The van der Waals surface area contributed by atoms with Crippen molar-refractivity contribution < 1.29 is 17.8 Å². The fourth-order valence-electron chi connectivity index (χ4n) is 4.88. The SMILES string of the molecule is C[S@](=O)CCNC(=O)c1ccc(N2CCN(CCn3cnc4c3nc(N)n3nc(-c5ccco5)nc43)CC2)c(F)c1. The van der Waals surface area contributed by atoms with Gasteiger partial charge in [-0.25, -0.2) is 14.4 Å². The number of furan rings is 1. The van der Waals surface area contributed by atoms with E-state index in [1.165, 1.54) is 10.6 Å². The molecule has 0 aliphatic carbocycles. The summed E-state index contributed by atoms with van der Waals surface area (Å²) < 4.78 is 34.9. The van der Waals surface area contributed by atoms with E-state index in [-0.39, 0.29) is 24.0 Å². The minimum Gasteiger partial charge on any atom is -0.461 e. The van der Waals surface area contributed by atoms with Crippen molar-refractivity contribution in [2.24, 2.45) is 0 Å². The Labute approximate surface area is 236 Å². The number of nitrogen functional groups attached to an aromatic ring is 1. The fourth-order valence-corrected chi connectivity index (χ4v) is 5.27. The summed E-state index contributed by atoms with van der Waals surface area (Å²) in [6.07, 6.45) is 4.85. The van der Waals surface area contributed by atoms with Gasteiger partial charge in [-0.05, 0) is 30.3 Å². The van der Waals surface area contributed by atoms with Gasteiger partial charge < -0.3 is 24.9 Å². The van der Waals surface area contributed by atoms with Crippen LogP contribution in [0.5, 0.6) is 0 Å². The Hall–Kier alpha value is -4.37. The zero-order chi connectivity index (χ0) is 28.5. The summed E-state index contributed by atoms with van der Waals surface area (Å²) in [5.41, 5.74) is 8.65. The van der Waals surface area contributed by atoms with Crippen molar-refractivity contribution in [1.82, 2.24) is 39.3 Å². The second-order valence-corrected chi connectivity index (χ2v) is 11.3. The summed E-state index contributed by atoms with van der Waals surface area (Å²) in [7, 11) is -1.00. The predicted octanol–water partition coefficient (Wildman–Crippen LogP) is 1.39. The number of halogens is 1. The summed E-state index contributed by atoms with van der Waals surface area (Å²) in [6, 6.07) is 8.06. The molecular weight excluding hydrogens is 551 g/mol. The zero-order valence-corrected chi connectivity index (χ0v) is 23.2. The third-order valence-electron chi connectivity index (χ3n) is 7.06. The summed E-state index contributed by atoms with van der Waals surface area (Å²) in [4.78, 5) is 30.2. The van der Waals surface area contributed by atoms with Crippen molar-refractivity contribution >= 4 is 45.2 Å². The van der Waals surface area contributed by atoms with E-state index >= 15 is 0 Å². The van der Waals surface area contributed by atoms with Crippen LogP contribution >= 0.6 is 0 Å². The van der Waals surface area contributed by atoms with Gasteiger partial charge in [0.1, 0.15) is 5.82 Å². The van der Waals surface area contributed by atoms with Crippen LogP contribution in [0.15, 0.2) is 47.3 Å². The van der Waals surface area contributed by atoms with Crippen molar-refractivity contribution in [3.63, 3.8) is 0 Å². The molecule has 0 radical (unpaired) electrons. The molecule has 4 aromatic heterocycles. The number of hydrogen-bond acceptors (Lipinski definition) is 10. The van der Waals surface area contributed by atoms with Crippen LogP contribution in [0.2, 0.25) is 0 Å². The lowest BCUT2D eigenvalue weighted by atomic mass is 10.1. The molecule has 3 N–H and O–H groups in total. The van der Waals surface area contributed by atoms with Crippen LogP contribution in [0.25, 0.3) is 28.4 Å². The second-order valence-electron chi connectivity index (χ2n) is 9.76. The maximum atomic E-state index is 14.9. The van der Waals surface area contributed by atoms with Gasteiger partial charge in [0.25, 0.3) is 5.91 Å². The summed E-state index contributed by atoms with van der Waals surface area (Å²) >= 11 is 0. The Morgan fingerprint density at radius 1 is 1.15 bits per heavy atom. The Morgan fingerprint density at radius 2 is 1.98 bits per heavy atom. The number of piperazine rings is 1. The number of hydrogen-bond donors (Lipinski definition) is 2. The van der Waals surface area contributed by atoms with Gasteiger partial charge >= 0.3 is 0 Å². The first-order valence-electron chi connectivity index (χ1n) is 13.1. The summed E-state index contributed by atoms with van der Waals surface area (Å²) in [6.45, 7) is 4.47. The van der Waals surface area contributed by atoms with Gasteiger partial charge in [-0.15, -0.1) is 5.10 Å². The smallest absolute Gasteiger partial charge is 0.251 e. The molecule has 1 aliphatic rings. The second kappa shape index (κ2) is 11.2. The van der Waals surface area contributed by atoms with E-state index in [1.807, 2.05) is 9.47 Å². The average Bonchev–Trinajstić information content (AvgIpc) is 3.72. The number of nitrogens with two attached hydrogens (primary N) is 1. The largest absolute Gasteiger partial charge is 0.461 e. The Balaban J connectivity index is 1.07. The molecule has 1 fully saturated rings. The highest BCUT2D eigenvalue weighted by atomic mass is 32.2. The van der Waals surface area contributed by atoms with Gasteiger partial charge in [-0.3, -0.25) is 13.9 Å². The molecule has 15 heteroatoms. The Kier molecular flexibility index (Phi) is 7.36. The number of fused-ring (bicyclic) bond motifs is 3. The van der Waals surface area contributed by atoms with Crippen LogP contribution < -0.4 is 16.0 Å². The molecular formula is C26H29FN10O3S. The number of aromatic nitrogens is 6. The van der Waals surface area contributed by atoms with E-state index in [2.05, 4.69) is 30.3 Å². The van der Waals surface area contributed by atoms with E-state index in [4.69, 9.17) is 10.2 Å². The molecule has 6 rings (SSSR count). The zero-order valence-electron chi connectivity index (χ0n) is 22.4. The normalized spacial score (nSPS) is 15.1. The Bertz CT molecular complexity index is 1730. The lowest BCUT2D eigenvalue weighted by molar-refractivity contribution is 0.0955. The maximum Gasteiger partial charge on any atom is 0.251 e. The molecule has 0 bridgehead atoms. The number of imidazole rings is 1. The van der Waals surface area contributed by atoms with Crippen molar-refractivity contribution in [1.29, 1.82) is 0 Å². The van der Waals surface area contributed by atoms with Gasteiger partial charge in [-0.2, -0.15) is 9.50 Å². The molecule has 214 valence electrons. The minimum absolute atomic E-state index is 0.205. The van der Waals surface area contributed by atoms with E-state index in [0.717, 1.165) is 19.6 Å². The van der Waals surface area contributed by atoms with Crippen molar-refractivity contribution in [2.45, 2.75) is 6.54 Å². The number of carbonyl (C=O) groups is 1. The highest BCUT2D eigenvalue weighted by Gasteiger charge is 2.22. The number of nitrogens with zero attached hydrogens (tertiary/aromatic N) is 8. The molecule has 13 nitrogen and oxygen atoms in total. The fraction of sp³-hybridized carbons (Fsp3) is 0.346. The molecule has 1 aliphatic heterocycles. The monoisotopic (exact) mass is 580 g/mol. The molecule has 1 amide bonds. The first-order valence-corrected chi connectivity index (χ1v) is 14.9. The van der Waals surface area contributed by atoms with Gasteiger partial charge in [0.05, 0.1) is 18.3 Å². The van der Waals surface area contributed by atoms with Crippen LogP contribution in [0.1, 0.15) is 10.4 Å². The first kappa shape index (κ1) is 26.8.